The Bertz CT molecular complexity index is 11.6. The van der Waals surface area contributed by atoms with Crippen molar-refractivity contribution >= 4 is 87.9 Å². The molecule has 30 valence electrons. The van der Waals surface area contributed by atoms with Crippen LogP contribution in [0.2, 0.25) is 0 Å². The van der Waals surface area contributed by atoms with E-state index in [1.807, 2.05) is 29.9 Å². The monoisotopic (exact) mass is 409 g/mol. The van der Waals surface area contributed by atoms with Crippen LogP contribution < -0.4 is 3.53 Å². The average Bonchev–Trinajstić information content (AvgIpc) is 0.918. The molecule has 0 aliphatic heterocycles. The van der Waals surface area contributed by atoms with Crippen molar-refractivity contribution in [3.8, 4) is 0 Å². The molecule has 0 heterocycles. The van der Waals surface area contributed by atoms with Gasteiger partial charge in [0.1, 0.15) is 0 Å². The van der Waals surface area contributed by atoms with Crippen molar-refractivity contribution < 1.29 is 0 Å². The zero-order valence-corrected chi connectivity index (χ0v) is 10.2. The van der Waals surface area contributed by atoms with Gasteiger partial charge in [-0.1, -0.05) is 0 Å². The molecule has 0 amide bonds. The Labute approximate surface area is 96.3 Å². The van der Waals surface area contributed by atoms with Crippen LogP contribution in [0.15, 0.2) is 0 Å². The first-order valence-electron chi connectivity index (χ1n) is 0.689. The van der Waals surface area contributed by atoms with Crippen molar-refractivity contribution in [2.45, 2.75) is 0 Å². The van der Waals surface area contributed by atoms with Crippen LogP contribution >= 0.6 is 22.9 Å². The summed E-state index contributed by atoms with van der Waals surface area (Å²) in [5.74, 6) is 0. The maximum absolute atomic E-state index is 2.72. The molecule has 0 aliphatic carbocycles. The summed E-state index contributed by atoms with van der Waals surface area (Å²) in [5.41, 5.74) is 0. The molecule has 0 aromatic heterocycles. The quantitative estimate of drug-likeness (QED) is 0.299. The third kappa shape index (κ3) is 19.8. The van der Waals surface area contributed by atoms with Crippen LogP contribution in [0.5, 0.6) is 0 Å². The summed E-state index contributed by atoms with van der Waals surface area (Å²) in [7, 11) is 1.86. The second-order valence-electron chi connectivity index (χ2n) is 0.189. The molecule has 5 heavy (non-hydrogen) atoms. The molecule has 0 atom stereocenters. The van der Waals surface area contributed by atoms with E-state index in [4.69, 9.17) is 0 Å². The Morgan fingerprint density at radius 2 is 1.60 bits per heavy atom. The van der Waals surface area contributed by atoms with Gasteiger partial charge in [-0.05, 0) is 7.05 Å². The van der Waals surface area contributed by atoms with Gasteiger partial charge in [-0.25, -0.2) is 0 Å². The van der Waals surface area contributed by atoms with Crippen LogP contribution in [0.4, 0.5) is 0 Å². The van der Waals surface area contributed by atoms with E-state index in [-0.39, 0.29) is 65.0 Å². The molecule has 0 aromatic rings. The number of hydrogen-bond acceptors (Lipinski definition) is 1. The second-order valence-corrected chi connectivity index (χ2v) is 1.27. The van der Waals surface area contributed by atoms with Gasteiger partial charge in [-0.15, -0.1) is 0 Å². The Morgan fingerprint density at radius 1 is 1.60 bits per heavy atom. The van der Waals surface area contributed by atoms with E-state index < -0.39 is 0 Å². The fourth-order valence-corrected chi connectivity index (χ4v) is 0. The first kappa shape index (κ1) is 15.7. The van der Waals surface area contributed by atoms with Crippen molar-refractivity contribution in [1.82, 2.24) is 3.53 Å². The van der Waals surface area contributed by atoms with Crippen LogP contribution in [-0.2, 0) is 0 Å². The van der Waals surface area contributed by atoms with Crippen LogP contribution in [0.25, 0.3) is 0 Å². The molecule has 0 spiro atoms. The van der Waals surface area contributed by atoms with E-state index in [0.717, 1.165) is 0 Å². The standard InChI is InChI=1S/CH4IN.Ca.Pb.4H/c1-3-2;;;;;;/h3H,1H3;;;;;;. The molecular formula is CH8CaINPb. The molecule has 0 aliphatic rings. The van der Waals surface area contributed by atoms with E-state index in [2.05, 4.69) is 3.53 Å². The molecule has 1 N–H and O–H groups in total. The van der Waals surface area contributed by atoms with Gasteiger partial charge in [0, 0.05) is 22.9 Å². The molecule has 0 bridgehead atoms. The van der Waals surface area contributed by atoms with Crippen molar-refractivity contribution in [2.24, 2.45) is 0 Å². The van der Waals surface area contributed by atoms with Crippen molar-refractivity contribution in [3.05, 3.63) is 0 Å². The molecule has 0 saturated heterocycles. The van der Waals surface area contributed by atoms with E-state index in [9.17, 15) is 0 Å². The second kappa shape index (κ2) is 15.8. The molecular weight excluding hydrogens is 400 g/mol. The zero-order valence-electron chi connectivity index (χ0n) is 2.59. The maximum atomic E-state index is 2.72. The number of halogens is 1. The topological polar surface area (TPSA) is 12.0 Å². The van der Waals surface area contributed by atoms with Gasteiger partial charge in [0.15, 0.2) is 0 Å². The fourth-order valence-electron chi connectivity index (χ4n) is 0. The van der Waals surface area contributed by atoms with Crippen LogP contribution in [0.1, 0.15) is 0 Å². The third-order valence-electron chi connectivity index (χ3n) is 0. The van der Waals surface area contributed by atoms with Crippen molar-refractivity contribution in [2.75, 3.05) is 7.05 Å². The van der Waals surface area contributed by atoms with Gasteiger partial charge in [-0.2, -0.15) is 0 Å². The third-order valence-corrected chi connectivity index (χ3v) is 0. The first-order chi connectivity index (χ1) is 1.41. The van der Waals surface area contributed by atoms with Crippen molar-refractivity contribution in [1.29, 1.82) is 0 Å². The van der Waals surface area contributed by atoms with Gasteiger partial charge in [0.25, 0.3) is 0 Å². The minimum absolute atomic E-state index is 0. The Kier molecular flexibility index (Phi) is 49.5. The summed E-state index contributed by atoms with van der Waals surface area (Å²) in [4.78, 5) is 0. The summed E-state index contributed by atoms with van der Waals surface area (Å²) >= 11 is 2.04. The molecule has 4 heteroatoms. The fraction of sp³-hybridized carbons (Fsp3) is 1.00. The molecule has 0 fully saturated rings. The summed E-state index contributed by atoms with van der Waals surface area (Å²) < 4.78 is 2.72. The van der Waals surface area contributed by atoms with Crippen molar-refractivity contribution in [3.63, 3.8) is 0 Å². The number of rotatable bonds is 0. The predicted molar refractivity (Wildman–Crippen MR) is 40.2 cm³/mol. The Morgan fingerprint density at radius 3 is 1.60 bits per heavy atom. The van der Waals surface area contributed by atoms with Crippen LogP contribution in [0, 0.1) is 0 Å². The van der Waals surface area contributed by atoms with Crippen LogP contribution in [-0.4, -0.2) is 72.1 Å². The SMILES string of the molecule is CNI.[CaH2].[PbH2]. The number of hydrogen-bond donors (Lipinski definition) is 1. The molecule has 0 unspecified atom stereocenters. The summed E-state index contributed by atoms with van der Waals surface area (Å²) in [6, 6.07) is 0. The first-order valence-corrected chi connectivity index (χ1v) is 1.77. The molecule has 1 nitrogen and oxygen atoms in total. The van der Waals surface area contributed by atoms with E-state index >= 15 is 0 Å². The zero-order chi connectivity index (χ0) is 2.71. The van der Waals surface area contributed by atoms with Gasteiger partial charge in [-0.3, -0.25) is 3.53 Å². The van der Waals surface area contributed by atoms with E-state index in [1.165, 1.54) is 0 Å². The average molecular weight is 408 g/mol. The van der Waals surface area contributed by atoms with Gasteiger partial charge in [0.05, 0.1) is 0 Å². The Balaban J connectivity index is -0.0000000200. The van der Waals surface area contributed by atoms with Gasteiger partial charge < -0.3 is 0 Å². The molecule has 0 aromatic carbocycles. The molecule has 0 rings (SSSR count). The van der Waals surface area contributed by atoms with Gasteiger partial charge in [0.2, 0.25) is 0 Å². The summed E-state index contributed by atoms with van der Waals surface area (Å²) in [6.07, 6.45) is 0. The summed E-state index contributed by atoms with van der Waals surface area (Å²) in [6.45, 7) is 0. The van der Waals surface area contributed by atoms with Gasteiger partial charge >= 0.3 is 65.0 Å². The van der Waals surface area contributed by atoms with E-state index in [0.29, 0.717) is 0 Å². The normalized spacial score (nSPS) is 3.60. The summed E-state index contributed by atoms with van der Waals surface area (Å²) in [5, 5.41) is 0. The minimum atomic E-state index is 0. The van der Waals surface area contributed by atoms with Crippen LogP contribution in [0.3, 0.4) is 0 Å². The Hall–Kier alpha value is 2.87. The number of nitrogens with one attached hydrogen (secondary N) is 1. The molecule has 2 radical (unpaired) electrons. The molecule has 0 saturated carbocycles. The van der Waals surface area contributed by atoms with E-state index in [1.54, 1.807) is 0 Å². The predicted octanol–water partition coefficient (Wildman–Crippen LogP) is -1.28.